The largest absolute Gasteiger partial charge is 0.330 e. The van der Waals surface area contributed by atoms with E-state index in [1.165, 1.54) is 7.11 Å². The maximum absolute atomic E-state index is 10.9. The summed E-state index contributed by atoms with van der Waals surface area (Å²) in [7, 11) is -1.99. The van der Waals surface area contributed by atoms with Gasteiger partial charge in [-0.25, -0.2) is 0 Å². The predicted molar refractivity (Wildman–Crippen MR) is 49.2 cm³/mol. The quantitative estimate of drug-likeness (QED) is 0.475. The fourth-order valence-electron chi connectivity index (χ4n) is 0.901. The van der Waals surface area contributed by atoms with Gasteiger partial charge in [-0.3, -0.25) is 4.57 Å². The summed E-state index contributed by atoms with van der Waals surface area (Å²) in [5.41, 5.74) is 5.29. The molecule has 74 valence electrons. The zero-order valence-corrected chi connectivity index (χ0v) is 8.43. The molecule has 0 aromatic rings. The summed E-state index contributed by atoms with van der Waals surface area (Å²) >= 11 is 0. The van der Waals surface area contributed by atoms with E-state index in [2.05, 4.69) is 4.52 Å². The first kappa shape index (κ1) is 12.1. The molecule has 0 aromatic heterocycles. The van der Waals surface area contributed by atoms with E-state index in [4.69, 9.17) is 10.6 Å². The second kappa shape index (κ2) is 6.61. The van der Waals surface area contributed by atoms with Crippen molar-refractivity contribution in [1.82, 2.24) is 0 Å². The molecule has 0 aliphatic carbocycles. The lowest BCUT2D eigenvalue weighted by atomic mass is 10.2. The number of nitrogens with two attached hydrogens (primary N) is 1. The molecular weight excluding hydrogens is 177 g/mol. The molecule has 0 spiro atoms. The van der Waals surface area contributed by atoms with Crippen molar-refractivity contribution in [1.29, 1.82) is 0 Å². The van der Waals surface area contributed by atoms with Gasteiger partial charge >= 0.3 is 7.60 Å². The van der Waals surface area contributed by atoms with Gasteiger partial charge in [0.2, 0.25) is 0 Å². The number of hydrogen-bond donors (Lipinski definition) is 2. The second-order valence-electron chi connectivity index (χ2n) is 2.75. The minimum atomic E-state index is -3.25. The van der Waals surface area contributed by atoms with E-state index in [0.29, 0.717) is 6.54 Å². The Labute approximate surface area is 73.6 Å². The van der Waals surface area contributed by atoms with Crippen LogP contribution in [0.1, 0.15) is 25.7 Å². The highest BCUT2D eigenvalue weighted by atomic mass is 31.2. The molecule has 4 nitrogen and oxygen atoms in total. The summed E-state index contributed by atoms with van der Waals surface area (Å²) in [5.74, 6) is 0. The van der Waals surface area contributed by atoms with E-state index >= 15 is 0 Å². The van der Waals surface area contributed by atoms with Crippen LogP contribution in [0.3, 0.4) is 0 Å². The maximum atomic E-state index is 10.9. The van der Waals surface area contributed by atoms with Crippen molar-refractivity contribution >= 4 is 7.60 Å². The van der Waals surface area contributed by atoms with Crippen LogP contribution in [0.5, 0.6) is 0 Å². The first-order valence-corrected chi connectivity index (χ1v) is 5.96. The third kappa shape index (κ3) is 6.80. The maximum Gasteiger partial charge on any atom is 0.327 e. The van der Waals surface area contributed by atoms with E-state index in [1.54, 1.807) is 0 Å². The fourth-order valence-corrected chi connectivity index (χ4v) is 1.71. The van der Waals surface area contributed by atoms with Crippen molar-refractivity contribution in [2.45, 2.75) is 25.7 Å². The highest BCUT2D eigenvalue weighted by molar-refractivity contribution is 7.52. The molecule has 0 rings (SSSR count). The zero-order valence-electron chi connectivity index (χ0n) is 7.53. The molecule has 5 heteroatoms. The van der Waals surface area contributed by atoms with Gasteiger partial charge in [0.25, 0.3) is 0 Å². The van der Waals surface area contributed by atoms with Crippen LogP contribution < -0.4 is 5.73 Å². The molecule has 3 N–H and O–H groups in total. The molecule has 0 radical (unpaired) electrons. The highest BCUT2D eigenvalue weighted by Crippen LogP contribution is 2.41. The van der Waals surface area contributed by atoms with Crippen molar-refractivity contribution in [3.63, 3.8) is 0 Å². The topological polar surface area (TPSA) is 72.5 Å². The Morgan fingerprint density at radius 2 is 1.92 bits per heavy atom. The molecule has 0 bridgehead atoms. The van der Waals surface area contributed by atoms with Crippen molar-refractivity contribution in [3.05, 3.63) is 0 Å². The van der Waals surface area contributed by atoms with E-state index in [9.17, 15) is 4.57 Å². The molecule has 1 unspecified atom stereocenters. The van der Waals surface area contributed by atoms with Gasteiger partial charge in [0.15, 0.2) is 0 Å². The van der Waals surface area contributed by atoms with Gasteiger partial charge in [-0.15, -0.1) is 0 Å². The van der Waals surface area contributed by atoms with Crippen LogP contribution in [0.25, 0.3) is 0 Å². The first-order chi connectivity index (χ1) is 5.62. The van der Waals surface area contributed by atoms with E-state index < -0.39 is 7.60 Å². The molecule has 0 amide bonds. The summed E-state index contributed by atoms with van der Waals surface area (Å²) < 4.78 is 15.4. The van der Waals surface area contributed by atoms with Crippen LogP contribution in [-0.2, 0) is 9.09 Å². The molecule has 12 heavy (non-hydrogen) atoms. The number of rotatable bonds is 7. The van der Waals surface area contributed by atoms with Gasteiger partial charge < -0.3 is 15.2 Å². The summed E-state index contributed by atoms with van der Waals surface area (Å²) in [4.78, 5) is 8.99. The Kier molecular flexibility index (Phi) is 6.67. The normalized spacial score (nSPS) is 15.9. The summed E-state index contributed by atoms with van der Waals surface area (Å²) in [5, 5.41) is 0. The molecule has 0 saturated heterocycles. The lowest BCUT2D eigenvalue weighted by molar-refractivity contribution is 0.314. The zero-order chi connectivity index (χ0) is 9.45. The fraction of sp³-hybridized carbons (Fsp3) is 1.00. The molecule has 0 heterocycles. The van der Waals surface area contributed by atoms with E-state index in [1.807, 2.05) is 0 Å². The third-order valence-corrected chi connectivity index (χ3v) is 3.13. The Bertz CT molecular complexity index is 152. The molecule has 0 aliphatic heterocycles. The van der Waals surface area contributed by atoms with Crippen LogP contribution in [0, 0.1) is 0 Å². The van der Waals surface area contributed by atoms with E-state index in [-0.39, 0.29) is 6.16 Å². The molecule has 0 fully saturated rings. The Balaban J connectivity index is 3.25. The molecule has 1 atom stereocenters. The van der Waals surface area contributed by atoms with Crippen LogP contribution in [0.4, 0.5) is 0 Å². The molecular formula is C7H18NO3P. The van der Waals surface area contributed by atoms with Crippen LogP contribution >= 0.6 is 7.60 Å². The summed E-state index contributed by atoms with van der Waals surface area (Å²) in [6.07, 6.45) is 3.96. The van der Waals surface area contributed by atoms with Crippen LogP contribution in [0.2, 0.25) is 0 Å². The predicted octanol–water partition coefficient (Wildman–Crippen LogP) is 1.34. The molecule has 0 aliphatic rings. The van der Waals surface area contributed by atoms with Gasteiger partial charge in [-0.2, -0.15) is 0 Å². The Morgan fingerprint density at radius 3 is 2.42 bits per heavy atom. The lowest BCUT2D eigenvalue weighted by Gasteiger charge is -2.07. The van der Waals surface area contributed by atoms with Crippen molar-refractivity contribution in [2.24, 2.45) is 5.73 Å². The Hall–Kier alpha value is 0.110. The van der Waals surface area contributed by atoms with Crippen LogP contribution in [-0.4, -0.2) is 24.7 Å². The summed E-state index contributed by atoms with van der Waals surface area (Å²) in [6, 6.07) is 0. The van der Waals surface area contributed by atoms with Crippen molar-refractivity contribution < 1.29 is 14.0 Å². The van der Waals surface area contributed by atoms with Gasteiger partial charge in [0, 0.05) is 13.3 Å². The minimum Gasteiger partial charge on any atom is -0.330 e. The number of unbranched alkanes of at least 4 members (excludes halogenated alkanes) is 3. The van der Waals surface area contributed by atoms with Gasteiger partial charge in [-0.05, 0) is 19.4 Å². The second-order valence-corrected chi connectivity index (χ2v) is 4.83. The number of hydrogen-bond acceptors (Lipinski definition) is 3. The first-order valence-electron chi connectivity index (χ1n) is 4.20. The average Bonchev–Trinajstić information content (AvgIpc) is 2.04. The van der Waals surface area contributed by atoms with Crippen molar-refractivity contribution in [2.75, 3.05) is 19.8 Å². The van der Waals surface area contributed by atoms with E-state index in [0.717, 1.165) is 25.7 Å². The molecule has 0 aromatic carbocycles. The van der Waals surface area contributed by atoms with Gasteiger partial charge in [-0.1, -0.05) is 12.8 Å². The smallest absolute Gasteiger partial charge is 0.327 e. The average molecular weight is 195 g/mol. The van der Waals surface area contributed by atoms with Gasteiger partial charge in [0.05, 0.1) is 0 Å². The Morgan fingerprint density at radius 1 is 1.33 bits per heavy atom. The summed E-state index contributed by atoms with van der Waals surface area (Å²) in [6.45, 7) is 0.695. The molecule has 0 saturated carbocycles. The highest BCUT2D eigenvalue weighted by Gasteiger charge is 2.15. The SMILES string of the molecule is COP(=O)(O)CCCCCCN. The van der Waals surface area contributed by atoms with Crippen molar-refractivity contribution in [3.8, 4) is 0 Å². The van der Waals surface area contributed by atoms with Gasteiger partial charge in [0.1, 0.15) is 0 Å². The van der Waals surface area contributed by atoms with Crippen LogP contribution in [0.15, 0.2) is 0 Å². The monoisotopic (exact) mass is 195 g/mol. The standard InChI is InChI=1S/C7H18NO3P/c1-11-12(9,10)7-5-3-2-4-6-8/h2-8H2,1H3,(H,9,10). The lowest BCUT2D eigenvalue weighted by Crippen LogP contribution is -1.98. The third-order valence-electron chi connectivity index (χ3n) is 1.68. The minimum absolute atomic E-state index is 0.258.